The number of likely N-dealkylation sites (tertiary alicyclic amines) is 1. The van der Waals surface area contributed by atoms with E-state index in [1.54, 1.807) is 0 Å². The Labute approximate surface area is 143 Å². The maximum Gasteiger partial charge on any atom is 0.289 e. The van der Waals surface area contributed by atoms with E-state index in [1.807, 2.05) is 24.1 Å². The summed E-state index contributed by atoms with van der Waals surface area (Å²) in [5, 5.41) is 4.23. The van der Waals surface area contributed by atoms with Gasteiger partial charge in [0.05, 0.1) is 0 Å². The summed E-state index contributed by atoms with van der Waals surface area (Å²) >= 11 is 0. The van der Waals surface area contributed by atoms with E-state index in [1.165, 1.54) is 11.1 Å². The maximum atomic E-state index is 12.6. The third kappa shape index (κ3) is 3.70. The fraction of sp³-hybridized carbons (Fsp3) is 0.500. The number of nitrogens with one attached hydrogen (secondary N) is 1. The normalized spacial score (nSPS) is 15.7. The first kappa shape index (κ1) is 17.8. The standard InChI is InChI=1S/C18H24N2O2.ClH/c1-12-8-15-10-17(22-16(15)9-13(12)2)18(21)20-6-4-14(5-7-20)11-19-3;/h8-10,14,19H,4-7,11H2,1-3H3;1H. The number of hydrogen-bond acceptors (Lipinski definition) is 3. The highest BCUT2D eigenvalue weighted by atomic mass is 35.5. The van der Waals surface area contributed by atoms with Crippen LogP contribution in [0.1, 0.15) is 34.5 Å². The summed E-state index contributed by atoms with van der Waals surface area (Å²) in [6.45, 7) is 6.81. The molecular weight excluding hydrogens is 312 g/mol. The first-order chi connectivity index (χ1) is 10.6. The Bertz CT molecular complexity index is 649. The topological polar surface area (TPSA) is 45.5 Å². The highest BCUT2D eigenvalue weighted by Gasteiger charge is 2.25. The smallest absolute Gasteiger partial charge is 0.289 e. The number of amides is 1. The molecule has 1 saturated heterocycles. The predicted octanol–water partition coefficient (Wildman–Crippen LogP) is 3.54. The zero-order chi connectivity index (χ0) is 15.7. The summed E-state index contributed by atoms with van der Waals surface area (Å²) in [5.41, 5.74) is 3.21. The van der Waals surface area contributed by atoms with Crippen LogP contribution in [-0.4, -0.2) is 37.5 Å². The molecule has 0 saturated carbocycles. The molecule has 1 aliphatic heterocycles. The highest BCUT2D eigenvalue weighted by Crippen LogP contribution is 2.25. The molecule has 1 aromatic carbocycles. The number of fused-ring (bicyclic) bond motifs is 1. The van der Waals surface area contributed by atoms with Gasteiger partial charge in [0.2, 0.25) is 0 Å². The molecule has 5 heteroatoms. The summed E-state index contributed by atoms with van der Waals surface area (Å²) < 4.78 is 5.79. The van der Waals surface area contributed by atoms with Gasteiger partial charge in [-0.3, -0.25) is 4.79 Å². The molecule has 0 unspecified atom stereocenters. The Balaban J connectivity index is 0.00000192. The van der Waals surface area contributed by atoms with E-state index in [2.05, 4.69) is 25.2 Å². The average molecular weight is 337 g/mol. The minimum Gasteiger partial charge on any atom is -0.451 e. The van der Waals surface area contributed by atoms with Gasteiger partial charge >= 0.3 is 0 Å². The Morgan fingerprint density at radius 2 is 1.87 bits per heavy atom. The highest BCUT2D eigenvalue weighted by molar-refractivity contribution is 5.96. The third-order valence-electron chi connectivity index (χ3n) is 4.74. The molecule has 4 nitrogen and oxygen atoms in total. The number of rotatable bonds is 3. The van der Waals surface area contributed by atoms with E-state index in [-0.39, 0.29) is 18.3 Å². The Kier molecular flexibility index (Phi) is 5.71. The molecule has 2 heterocycles. The van der Waals surface area contributed by atoms with E-state index in [9.17, 15) is 4.79 Å². The number of furan rings is 1. The molecule has 0 aliphatic carbocycles. The first-order valence-corrected chi connectivity index (χ1v) is 8.03. The number of carbonyl (C=O) groups excluding carboxylic acids is 1. The number of aryl methyl sites for hydroxylation is 2. The van der Waals surface area contributed by atoms with Crippen LogP contribution >= 0.6 is 12.4 Å². The molecule has 1 N–H and O–H groups in total. The van der Waals surface area contributed by atoms with E-state index in [0.717, 1.165) is 43.4 Å². The molecule has 23 heavy (non-hydrogen) atoms. The first-order valence-electron chi connectivity index (χ1n) is 8.03. The monoisotopic (exact) mass is 336 g/mol. The van der Waals surface area contributed by atoms with E-state index >= 15 is 0 Å². The number of nitrogens with zero attached hydrogens (tertiary/aromatic N) is 1. The number of piperidine rings is 1. The minimum absolute atomic E-state index is 0. The van der Waals surface area contributed by atoms with E-state index in [4.69, 9.17) is 4.42 Å². The lowest BCUT2D eigenvalue weighted by Crippen LogP contribution is -2.40. The van der Waals surface area contributed by atoms with Crippen LogP contribution in [0.25, 0.3) is 11.0 Å². The largest absolute Gasteiger partial charge is 0.451 e. The number of carbonyl (C=O) groups is 1. The number of benzene rings is 1. The summed E-state index contributed by atoms with van der Waals surface area (Å²) in [6.07, 6.45) is 2.12. The summed E-state index contributed by atoms with van der Waals surface area (Å²) in [5.74, 6) is 1.16. The molecule has 1 aliphatic rings. The van der Waals surface area contributed by atoms with Gasteiger partial charge in [-0.2, -0.15) is 0 Å². The Hall–Kier alpha value is -1.52. The maximum absolute atomic E-state index is 12.6. The van der Waals surface area contributed by atoms with Crippen LogP contribution in [0.2, 0.25) is 0 Å². The van der Waals surface area contributed by atoms with Crippen LogP contribution in [0.5, 0.6) is 0 Å². The van der Waals surface area contributed by atoms with Crippen LogP contribution in [0.15, 0.2) is 22.6 Å². The SMILES string of the molecule is CNCC1CCN(C(=O)c2cc3cc(C)c(C)cc3o2)CC1.Cl. The fourth-order valence-corrected chi connectivity index (χ4v) is 3.19. The van der Waals surface area contributed by atoms with Crippen molar-refractivity contribution < 1.29 is 9.21 Å². The number of hydrogen-bond donors (Lipinski definition) is 1. The van der Waals surface area contributed by atoms with E-state index in [0.29, 0.717) is 11.7 Å². The van der Waals surface area contributed by atoms with Gasteiger partial charge in [-0.05, 0) is 75.5 Å². The van der Waals surface area contributed by atoms with E-state index < -0.39 is 0 Å². The molecule has 0 atom stereocenters. The molecule has 0 radical (unpaired) electrons. The summed E-state index contributed by atoms with van der Waals surface area (Å²) in [4.78, 5) is 14.5. The fourth-order valence-electron chi connectivity index (χ4n) is 3.19. The average Bonchev–Trinajstić information content (AvgIpc) is 2.91. The minimum atomic E-state index is 0. The lowest BCUT2D eigenvalue weighted by molar-refractivity contribution is 0.0661. The molecule has 1 fully saturated rings. The zero-order valence-electron chi connectivity index (χ0n) is 14.0. The van der Waals surface area contributed by atoms with Gasteiger partial charge in [0, 0.05) is 18.5 Å². The second-order valence-corrected chi connectivity index (χ2v) is 6.38. The van der Waals surface area contributed by atoms with Crippen molar-refractivity contribution in [3.63, 3.8) is 0 Å². The summed E-state index contributed by atoms with van der Waals surface area (Å²) in [6, 6.07) is 5.98. The molecule has 1 aromatic heterocycles. The third-order valence-corrected chi connectivity index (χ3v) is 4.74. The van der Waals surface area contributed by atoms with Crippen molar-refractivity contribution in [1.82, 2.24) is 10.2 Å². The van der Waals surface area contributed by atoms with Crippen LogP contribution < -0.4 is 5.32 Å². The van der Waals surface area contributed by atoms with Gasteiger partial charge < -0.3 is 14.6 Å². The van der Waals surface area contributed by atoms with Crippen LogP contribution in [0.3, 0.4) is 0 Å². The van der Waals surface area contributed by atoms with Gasteiger partial charge in [0.25, 0.3) is 5.91 Å². The van der Waals surface area contributed by atoms with Crippen LogP contribution in [0, 0.1) is 19.8 Å². The molecule has 126 valence electrons. The second kappa shape index (κ2) is 7.37. The van der Waals surface area contributed by atoms with Crippen molar-refractivity contribution in [3.8, 4) is 0 Å². The lowest BCUT2D eigenvalue weighted by atomic mass is 9.97. The molecule has 0 bridgehead atoms. The van der Waals surface area contributed by atoms with Gasteiger partial charge in [-0.15, -0.1) is 12.4 Å². The van der Waals surface area contributed by atoms with Crippen molar-refractivity contribution in [2.75, 3.05) is 26.7 Å². The van der Waals surface area contributed by atoms with Gasteiger partial charge in [0.15, 0.2) is 5.76 Å². The molecule has 3 rings (SSSR count). The van der Waals surface area contributed by atoms with Gasteiger partial charge in [-0.1, -0.05) is 0 Å². The van der Waals surface area contributed by atoms with Crippen molar-refractivity contribution in [1.29, 1.82) is 0 Å². The predicted molar refractivity (Wildman–Crippen MR) is 95.5 cm³/mol. The van der Waals surface area contributed by atoms with Crippen molar-refractivity contribution in [3.05, 3.63) is 35.1 Å². The lowest BCUT2D eigenvalue weighted by Gasteiger charge is -2.31. The van der Waals surface area contributed by atoms with Crippen molar-refractivity contribution in [2.45, 2.75) is 26.7 Å². The van der Waals surface area contributed by atoms with Gasteiger partial charge in [0.1, 0.15) is 5.58 Å². The van der Waals surface area contributed by atoms with Crippen LogP contribution in [0.4, 0.5) is 0 Å². The number of halogens is 1. The Morgan fingerprint density at radius 3 is 2.52 bits per heavy atom. The van der Waals surface area contributed by atoms with Crippen LogP contribution in [-0.2, 0) is 0 Å². The molecule has 1 amide bonds. The van der Waals surface area contributed by atoms with Crippen molar-refractivity contribution >= 4 is 29.3 Å². The zero-order valence-corrected chi connectivity index (χ0v) is 14.8. The molecule has 0 spiro atoms. The quantitative estimate of drug-likeness (QED) is 0.932. The molecule has 2 aromatic rings. The van der Waals surface area contributed by atoms with Crippen molar-refractivity contribution in [2.24, 2.45) is 5.92 Å². The second-order valence-electron chi connectivity index (χ2n) is 6.38. The summed E-state index contributed by atoms with van der Waals surface area (Å²) in [7, 11) is 1.98. The van der Waals surface area contributed by atoms with Gasteiger partial charge in [-0.25, -0.2) is 0 Å². The Morgan fingerprint density at radius 1 is 1.22 bits per heavy atom. The molecular formula is C18H25ClN2O2.